The molecular formula is C15H21N3O2. The molecule has 2 N–H and O–H groups in total. The summed E-state index contributed by atoms with van der Waals surface area (Å²) in [6.07, 6.45) is 0.679. The van der Waals surface area contributed by atoms with Gasteiger partial charge in [0.15, 0.2) is 0 Å². The van der Waals surface area contributed by atoms with E-state index in [9.17, 15) is 4.79 Å². The lowest BCUT2D eigenvalue weighted by Gasteiger charge is -2.17. The van der Waals surface area contributed by atoms with Crippen LogP contribution in [0.2, 0.25) is 0 Å². The van der Waals surface area contributed by atoms with Gasteiger partial charge in [0, 0.05) is 24.4 Å². The first-order valence-electron chi connectivity index (χ1n) is 6.71. The van der Waals surface area contributed by atoms with Crippen LogP contribution in [0.5, 0.6) is 5.75 Å². The number of nitrogens with one attached hydrogen (secondary N) is 2. The highest BCUT2D eigenvalue weighted by Crippen LogP contribution is 2.18. The molecule has 0 radical (unpaired) electrons. The second kappa shape index (κ2) is 5.53. The summed E-state index contributed by atoms with van der Waals surface area (Å²) in [5.74, 6) is 1.71. The van der Waals surface area contributed by atoms with E-state index in [-0.39, 0.29) is 11.3 Å². The topological polar surface area (TPSA) is 67.0 Å². The minimum absolute atomic E-state index is 0.0512. The van der Waals surface area contributed by atoms with Crippen LogP contribution in [0.25, 0.3) is 11.0 Å². The number of hydrogen-bond donors (Lipinski definition) is 2. The van der Waals surface area contributed by atoms with Gasteiger partial charge in [-0.2, -0.15) is 0 Å². The summed E-state index contributed by atoms with van der Waals surface area (Å²) in [7, 11) is 1.64. The van der Waals surface area contributed by atoms with Crippen LogP contribution < -0.4 is 10.1 Å². The molecule has 5 heteroatoms. The van der Waals surface area contributed by atoms with E-state index in [0.717, 1.165) is 22.6 Å². The number of H-pyrrole nitrogens is 1. The Bertz CT molecular complexity index is 611. The second-order valence-corrected chi connectivity index (χ2v) is 5.82. The highest BCUT2D eigenvalue weighted by molar-refractivity contribution is 5.81. The molecule has 0 bridgehead atoms. The Morgan fingerprint density at radius 1 is 1.40 bits per heavy atom. The fourth-order valence-electron chi connectivity index (χ4n) is 1.85. The molecule has 0 unspecified atom stereocenters. The maximum absolute atomic E-state index is 11.8. The zero-order valence-electron chi connectivity index (χ0n) is 12.4. The lowest BCUT2D eigenvalue weighted by molar-refractivity contribution is -0.128. The second-order valence-electron chi connectivity index (χ2n) is 5.82. The first kappa shape index (κ1) is 14.4. The van der Waals surface area contributed by atoms with E-state index in [1.807, 2.05) is 39.0 Å². The van der Waals surface area contributed by atoms with E-state index in [4.69, 9.17) is 4.74 Å². The van der Waals surface area contributed by atoms with Gasteiger partial charge in [0.05, 0.1) is 18.1 Å². The van der Waals surface area contributed by atoms with Gasteiger partial charge < -0.3 is 15.0 Å². The van der Waals surface area contributed by atoms with Gasteiger partial charge in [-0.3, -0.25) is 4.79 Å². The number of methoxy groups -OCH3 is 1. The highest BCUT2D eigenvalue weighted by Gasteiger charge is 2.20. The van der Waals surface area contributed by atoms with Gasteiger partial charge in [-0.05, 0) is 12.1 Å². The zero-order chi connectivity index (χ0) is 14.8. The van der Waals surface area contributed by atoms with Crippen LogP contribution in [0.4, 0.5) is 0 Å². The van der Waals surface area contributed by atoms with Gasteiger partial charge in [-0.15, -0.1) is 0 Å². The summed E-state index contributed by atoms with van der Waals surface area (Å²) in [6.45, 7) is 6.27. The number of rotatable bonds is 4. The van der Waals surface area contributed by atoms with E-state index >= 15 is 0 Å². The number of benzene rings is 1. The third kappa shape index (κ3) is 3.29. The first-order valence-corrected chi connectivity index (χ1v) is 6.71. The minimum Gasteiger partial charge on any atom is -0.497 e. The highest BCUT2D eigenvalue weighted by atomic mass is 16.5. The average Bonchev–Trinajstić information content (AvgIpc) is 2.78. The van der Waals surface area contributed by atoms with E-state index in [0.29, 0.717) is 13.0 Å². The number of ether oxygens (including phenoxy) is 1. The molecule has 0 aliphatic rings. The average molecular weight is 275 g/mol. The molecule has 108 valence electrons. The van der Waals surface area contributed by atoms with Gasteiger partial charge in [0.2, 0.25) is 5.91 Å². The van der Waals surface area contributed by atoms with Crippen molar-refractivity contribution in [3.63, 3.8) is 0 Å². The van der Waals surface area contributed by atoms with Gasteiger partial charge in [0.25, 0.3) is 0 Å². The minimum atomic E-state index is -0.360. The molecule has 0 spiro atoms. The van der Waals surface area contributed by atoms with E-state index in [1.54, 1.807) is 7.11 Å². The van der Waals surface area contributed by atoms with Crippen molar-refractivity contribution in [1.29, 1.82) is 0 Å². The van der Waals surface area contributed by atoms with Crippen molar-refractivity contribution >= 4 is 16.9 Å². The van der Waals surface area contributed by atoms with Crippen LogP contribution in [-0.4, -0.2) is 29.5 Å². The van der Waals surface area contributed by atoms with Crippen molar-refractivity contribution in [2.75, 3.05) is 13.7 Å². The lowest BCUT2D eigenvalue weighted by Crippen LogP contribution is -2.36. The number of fused-ring (bicyclic) bond motifs is 1. The molecule has 2 rings (SSSR count). The molecule has 0 saturated heterocycles. The fourth-order valence-corrected chi connectivity index (χ4v) is 1.85. The molecule has 5 nitrogen and oxygen atoms in total. The summed E-state index contributed by atoms with van der Waals surface area (Å²) in [5.41, 5.74) is 1.49. The fraction of sp³-hybridized carbons (Fsp3) is 0.467. The number of carbonyl (C=O) groups is 1. The third-order valence-electron chi connectivity index (χ3n) is 3.07. The molecule has 1 aromatic heterocycles. The van der Waals surface area contributed by atoms with Gasteiger partial charge >= 0.3 is 0 Å². The Hall–Kier alpha value is -2.04. The first-order chi connectivity index (χ1) is 9.40. The summed E-state index contributed by atoms with van der Waals surface area (Å²) in [6, 6.07) is 5.72. The van der Waals surface area contributed by atoms with Crippen molar-refractivity contribution in [2.24, 2.45) is 5.41 Å². The summed E-state index contributed by atoms with van der Waals surface area (Å²) >= 11 is 0. The normalized spacial score (nSPS) is 11.6. The van der Waals surface area contributed by atoms with Gasteiger partial charge in [-0.25, -0.2) is 4.98 Å². The van der Waals surface area contributed by atoms with E-state index < -0.39 is 0 Å². The Balaban J connectivity index is 1.99. The van der Waals surface area contributed by atoms with Crippen LogP contribution in [0, 0.1) is 5.41 Å². The maximum atomic E-state index is 11.8. The van der Waals surface area contributed by atoms with Crippen molar-refractivity contribution in [3.8, 4) is 5.75 Å². The van der Waals surface area contributed by atoms with Crippen LogP contribution in [0.1, 0.15) is 26.6 Å². The van der Waals surface area contributed by atoms with Crippen molar-refractivity contribution < 1.29 is 9.53 Å². The molecule has 0 saturated carbocycles. The molecule has 1 aromatic carbocycles. The Kier molecular flexibility index (Phi) is 3.97. The Morgan fingerprint density at radius 3 is 2.80 bits per heavy atom. The molecular weight excluding hydrogens is 254 g/mol. The van der Waals surface area contributed by atoms with Gasteiger partial charge in [0.1, 0.15) is 11.6 Å². The number of carbonyl (C=O) groups excluding carboxylic acids is 1. The smallest absolute Gasteiger partial charge is 0.225 e. The standard InChI is InChI=1S/C15H21N3O2/c1-15(2,3)14(19)16-8-7-13-17-11-6-5-10(20-4)9-12(11)18-13/h5-6,9H,7-8H2,1-4H3,(H,16,19)(H,17,18). The van der Waals surface area contributed by atoms with Crippen molar-refractivity contribution in [1.82, 2.24) is 15.3 Å². The predicted molar refractivity (Wildman–Crippen MR) is 78.8 cm³/mol. The van der Waals surface area contributed by atoms with Crippen molar-refractivity contribution in [3.05, 3.63) is 24.0 Å². The number of aromatic amines is 1. The Morgan fingerprint density at radius 2 is 2.15 bits per heavy atom. The summed E-state index contributed by atoms with van der Waals surface area (Å²) < 4.78 is 5.18. The number of aromatic nitrogens is 2. The Labute approximate surface area is 118 Å². The van der Waals surface area contributed by atoms with Gasteiger partial charge in [-0.1, -0.05) is 20.8 Å². The van der Waals surface area contributed by atoms with Crippen LogP contribution in [0.15, 0.2) is 18.2 Å². The SMILES string of the molecule is COc1ccc2nc(CCNC(=O)C(C)(C)C)[nH]c2c1. The predicted octanol–water partition coefficient (Wildman–Crippen LogP) is 2.28. The van der Waals surface area contributed by atoms with E-state index in [1.165, 1.54) is 0 Å². The van der Waals surface area contributed by atoms with Crippen LogP contribution in [-0.2, 0) is 11.2 Å². The number of imidazole rings is 1. The molecule has 1 heterocycles. The summed E-state index contributed by atoms with van der Waals surface area (Å²) in [4.78, 5) is 19.5. The number of nitrogens with zero attached hydrogens (tertiary/aromatic N) is 1. The number of amides is 1. The molecule has 20 heavy (non-hydrogen) atoms. The molecule has 2 aromatic rings. The largest absolute Gasteiger partial charge is 0.497 e. The lowest BCUT2D eigenvalue weighted by atomic mass is 9.96. The monoisotopic (exact) mass is 275 g/mol. The molecule has 0 fully saturated rings. The maximum Gasteiger partial charge on any atom is 0.225 e. The summed E-state index contributed by atoms with van der Waals surface area (Å²) in [5, 5.41) is 2.91. The molecule has 0 aliphatic heterocycles. The molecule has 1 amide bonds. The number of hydrogen-bond acceptors (Lipinski definition) is 3. The van der Waals surface area contributed by atoms with Crippen LogP contribution in [0.3, 0.4) is 0 Å². The zero-order valence-corrected chi connectivity index (χ0v) is 12.4. The van der Waals surface area contributed by atoms with Crippen LogP contribution >= 0.6 is 0 Å². The third-order valence-corrected chi connectivity index (χ3v) is 3.07. The molecule has 0 aliphatic carbocycles. The van der Waals surface area contributed by atoms with Crippen molar-refractivity contribution in [2.45, 2.75) is 27.2 Å². The van der Waals surface area contributed by atoms with E-state index in [2.05, 4.69) is 15.3 Å². The quantitative estimate of drug-likeness (QED) is 0.899. The molecule has 0 atom stereocenters.